The average molecular weight is 262 g/mol. The largest absolute Gasteiger partial charge is 0.335 e. The molecule has 0 aliphatic carbocycles. The number of nitrogens with two attached hydrogens (primary N) is 1. The lowest BCUT2D eigenvalue weighted by Crippen LogP contribution is -2.26. The summed E-state index contributed by atoms with van der Waals surface area (Å²) in [5, 5.41) is 5.14. The topological polar surface area (TPSA) is 78.7 Å². The summed E-state index contributed by atoms with van der Waals surface area (Å²) in [7, 11) is 0. The Labute approximate surface area is 106 Å². The third kappa shape index (κ3) is 1.54. The maximum absolute atomic E-state index is 11.8. The van der Waals surface area contributed by atoms with Crippen LogP contribution in [0.5, 0.6) is 0 Å². The molecule has 2 heterocycles. The van der Waals surface area contributed by atoms with Crippen LogP contribution in [0.1, 0.15) is 0 Å². The molecule has 0 saturated heterocycles. The summed E-state index contributed by atoms with van der Waals surface area (Å²) in [5.41, 5.74) is 0.903. The molecule has 0 bridgehead atoms. The van der Waals surface area contributed by atoms with Crippen molar-refractivity contribution in [3.63, 3.8) is 0 Å². The molecule has 18 heavy (non-hydrogen) atoms. The molecule has 7 heteroatoms. The zero-order valence-corrected chi connectivity index (χ0v) is 9.87. The Kier molecular flexibility index (Phi) is 2.31. The summed E-state index contributed by atoms with van der Waals surface area (Å²) in [4.78, 5) is 15.9. The molecule has 0 radical (unpaired) electrons. The molecular formula is C11H8ClN5O. The van der Waals surface area contributed by atoms with Gasteiger partial charge in [-0.2, -0.15) is 5.10 Å². The van der Waals surface area contributed by atoms with E-state index in [2.05, 4.69) is 10.1 Å². The summed E-state index contributed by atoms with van der Waals surface area (Å²) < 4.78 is 2.49. The highest BCUT2D eigenvalue weighted by molar-refractivity contribution is 6.30. The minimum atomic E-state index is -0.333. The highest BCUT2D eigenvalue weighted by Crippen LogP contribution is 2.16. The van der Waals surface area contributed by atoms with Crippen molar-refractivity contribution in [2.24, 2.45) is 0 Å². The molecule has 3 aromatic rings. The Bertz CT molecular complexity index is 774. The van der Waals surface area contributed by atoms with Crippen molar-refractivity contribution >= 4 is 22.6 Å². The lowest BCUT2D eigenvalue weighted by Gasteiger charge is -2.03. The maximum Gasteiger partial charge on any atom is 0.282 e. The summed E-state index contributed by atoms with van der Waals surface area (Å²) >= 11 is 5.82. The van der Waals surface area contributed by atoms with Crippen LogP contribution >= 0.6 is 11.6 Å². The van der Waals surface area contributed by atoms with E-state index in [1.807, 2.05) is 0 Å². The summed E-state index contributed by atoms with van der Waals surface area (Å²) in [6.07, 6.45) is 2.71. The highest BCUT2D eigenvalue weighted by Gasteiger charge is 2.10. The molecule has 1 aromatic carbocycles. The molecule has 0 spiro atoms. The first-order valence-electron chi connectivity index (χ1n) is 5.13. The van der Waals surface area contributed by atoms with Gasteiger partial charge in [-0.05, 0) is 24.3 Å². The molecule has 0 aliphatic heterocycles. The monoisotopic (exact) mass is 261 g/mol. The fraction of sp³-hybridized carbons (Fsp3) is 0. The molecule has 3 rings (SSSR count). The quantitative estimate of drug-likeness (QED) is 0.662. The Morgan fingerprint density at radius 3 is 2.67 bits per heavy atom. The number of rotatable bonds is 1. The molecule has 0 aliphatic rings. The molecular weight excluding hydrogens is 254 g/mol. The first-order valence-corrected chi connectivity index (χ1v) is 5.51. The lowest BCUT2D eigenvalue weighted by molar-refractivity contribution is 0.874. The number of benzene rings is 1. The van der Waals surface area contributed by atoms with E-state index in [1.165, 1.54) is 12.5 Å². The van der Waals surface area contributed by atoms with Crippen molar-refractivity contribution in [2.75, 3.05) is 5.84 Å². The van der Waals surface area contributed by atoms with Gasteiger partial charge in [0.1, 0.15) is 11.7 Å². The molecule has 0 fully saturated rings. The van der Waals surface area contributed by atoms with E-state index in [9.17, 15) is 4.79 Å². The second kappa shape index (κ2) is 3.85. The lowest BCUT2D eigenvalue weighted by atomic mass is 10.3. The molecule has 0 amide bonds. The van der Waals surface area contributed by atoms with Gasteiger partial charge in [0.05, 0.1) is 11.9 Å². The third-order valence-electron chi connectivity index (χ3n) is 2.58. The van der Waals surface area contributed by atoms with Crippen molar-refractivity contribution in [2.45, 2.75) is 0 Å². The zero-order valence-electron chi connectivity index (χ0n) is 9.12. The molecule has 2 N–H and O–H groups in total. The second-order valence-electron chi connectivity index (χ2n) is 3.73. The standard InChI is InChI=1S/C11H8ClN5O/c12-7-1-3-8(4-2-7)17-10-9(5-15-17)11(18)16(13)6-14-10/h1-6H,13H2. The van der Waals surface area contributed by atoms with Crippen LogP contribution < -0.4 is 11.4 Å². The van der Waals surface area contributed by atoms with Gasteiger partial charge in [-0.25, -0.2) is 14.3 Å². The molecule has 0 atom stereocenters. The fourth-order valence-corrected chi connectivity index (χ4v) is 1.82. The number of fused-ring (bicyclic) bond motifs is 1. The van der Waals surface area contributed by atoms with Gasteiger partial charge in [0.2, 0.25) is 0 Å². The van der Waals surface area contributed by atoms with E-state index >= 15 is 0 Å². The first-order chi connectivity index (χ1) is 8.66. The van der Waals surface area contributed by atoms with Gasteiger partial charge < -0.3 is 5.84 Å². The molecule has 2 aromatic heterocycles. The van der Waals surface area contributed by atoms with Crippen LogP contribution in [0.4, 0.5) is 0 Å². The van der Waals surface area contributed by atoms with Crippen molar-refractivity contribution in [3.8, 4) is 5.69 Å². The van der Waals surface area contributed by atoms with Gasteiger partial charge in [-0.15, -0.1) is 0 Å². The van der Waals surface area contributed by atoms with Crippen molar-refractivity contribution in [1.82, 2.24) is 19.4 Å². The SMILES string of the molecule is Nn1cnc2c(cnn2-c2ccc(Cl)cc2)c1=O. The summed E-state index contributed by atoms with van der Waals surface area (Å²) in [6, 6.07) is 7.08. The Morgan fingerprint density at radius 1 is 1.22 bits per heavy atom. The fourth-order valence-electron chi connectivity index (χ4n) is 1.70. The van der Waals surface area contributed by atoms with Crippen LogP contribution in [0, 0.1) is 0 Å². The molecule has 0 unspecified atom stereocenters. The number of halogens is 1. The van der Waals surface area contributed by atoms with Gasteiger partial charge >= 0.3 is 0 Å². The second-order valence-corrected chi connectivity index (χ2v) is 4.16. The predicted molar refractivity (Wildman–Crippen MR) is 68.3 cm³/mol. The number of hydrogen-bond donors (Lipinski definition) is 1. The van der Waals surface area contributed by atoms with Crippen LogP contribution in [-0.4, -0.2) is 19.4 Å². The van der Waals surface area contributed by atoms with Crippen LogP contribution in [0.2, 0.25) is 5.02 Å². The van der Waals surface area contributed by atoms with E-state index in [0.29, 0.717) is 16.1 Å². The van der Waals surface area contributed by atoms with Crippen LogP contribution in [0.3, 0.4) is 0 Å². The number of hydrogen-bond acceptors (Lipinski definition) is 4. The molecule has 6 nitrogen and oxygen atoms in total. The van der Waals surface area contributed by atoms with E-state index in [1.54, 1.807) is 28.9 Å². The van der Waals surface area contributed by atoms with Crippen molar-refractivity contribution in [3.05, 3.63) is 52.2 Å². The smallest absolute Gasteiger partial charge is 0.282 e. The van der Waals surface area contributed by atoms with E-state index in [-0.39, 0.29) is 5.56 Å². The minimum absolute atomic E-state index is 0.333. The van der Waals surface area contributed by atoms with Crippen molar-refractivity contribution < 1.29 is 0 Å². The van der Waals surface area contributed by atoms with Gasteiger partial charge in [-0.3, -0.25) is 4.79 Å². The third-order valence-corrected chi connectivity index (χ3v) is 2.84. The average Bonchev–Trinajstić information content (AvgIpc) is 2.79. The van der Waals surface area contributed by atoms with Crippen molar-refractivity contribution in [1.29, 1.82) is 0 Å². The number of nitrogens with zero attached hydrogens (tertiary/aromatic N) is 4. The zero-order chi connectivity index (χ0) is 12.7. The van der Waals surface area contributed by atoms with Gasteiger partial charge in [0.15, 0.2) is 5.65 Å². The minimum Gasteiger partial charge on any atom is -0.335 e. The molecule has 90 valence electrons. The normalized spacial score (nSPS) is 10.9. The number of aromatic nitrogens is 4. The first kappa shape index (κ1) is 10.8. The van der Waals surface area contributed by atoms with Crippen LogP contribution in [-0.2, 0) is 0 Å². The van der Waals surface area contributed by atoms with Gasteiger partial charge in [-0.1, -0.05) is 11.6 Å². The van der Waals surface area contributed by atoms with Crippen LogP contribution in [0.25, 0.3) is 16.7 Å². The van der Waals surface area contributed by atoms with E-state index in [4.69, 9.17) is 17.4 Å². The molecule has 0 saturated carbocycles. The summed E-state index contributed by atoms with van der Waals surface area (Å²) in [6.45, 7) is 0. The highest BCUT2D eigenvalue weighted by atomic mass is 35.5. The van der Waals surface area contributed by atoms with E-state index in [0.717, 1.165) is 10.4 Å². The Balaban J connectivity index is 2.28. The maximum atomic E-state index is 11.8. The van der Waals surface area contributed by atoms with Gasteiger partial charge in [0, 0.05) is 5.02 Å². The predicted octanol–water partition coefficient (Wildman–Crippen LogP) is 0.949. The summed E-state index contributed by atoms with van der Waals surface area (Å²) in [5.74, 6) is 5.44. The Hall–Kier alpha value is -2.34. The Morgan fingerprint density at radius 2 is 1.94 bits per heavy atom. The van der Waals surface area contributed by atoms with E-state index < -0.39 is 0 Å². The van der Waals surface area contributed by atoms with Gasteiger partial charge in [0.25, 0.3) is 5.56 Å². The number of nitrogen functional groups attached to an aromatic ring is 1. The van der Waals surface area contributed by atoms with Crippen LogP contribution in [0.15, 0.2) is 41.6 Å².